The second-order valence-corrected chi connectivity index (χ2v) is 18.8. The number of allylic oxidation sites excluding steroid dienone is 1. The molecule has 3 unspecified atom stereocenters. The van der Waals surface area contributed by atoms with Gasteiger partial charge in [-0.05, 0) is 74.6 Å². The number of likely N-dealkylation sites (tertiary alicyclic amines) is 1. The number of hydrogen-bond acceptors (Lipinski definition) is 14. The lowest BCUT2D eigenvalue weighted by molar-refractivity contribution is -0.619. The molecule has 8 N–H and O–H groups in total. The van der Waals surface area contributed by atoms with Crippen LogP contribution in [0.5, 0.6) is 11.5 Å². The van der Waals surface area contributed by atoms with Crippen LogP contribution in [0.25, 0.3) is 5.70 Å². The van der Waals surface area contributed by atoms with E-state index in [0.717, 1.165) is 64.9 Å². The normalized spacial score (nSPS) is 23.1. The number of nitrogens with one attached hydrogen (secondary N) is 3. The van der Waals surface area contributed by atoms with Crippen molar-refractivity contribution in [2.24, 2.45) is 11.7 Å². The number of piperidine rings is 2. The molecule has 7 aliphatic heterocycles. The van der Waals surface area contributed by atoms with Crippen LogP contribution in [0, 0.1) is 5.92 Å². The van der Waals surface area contributed by atoms with Crippen LogP contribution in [0.15, 0.2) is 84.3 Å². The number of benzene rings is 3. The van der Waals surface area contributed by atoms with Crippen LogP contribution in [-0.2, 0) is 19.2 Å². The number of rotatable bonds is 13. The van der Waals surface area contributed by atoms with Gasteiger partial charge in [-0.15, -0.1) is 0 Å². The number of imide groups is 2. The van der Waals surface area contributed by atoms with Crippen molar-refractivity contribution in [3.8, 4) is 11.5 Å². The summed E-state index contributed by atoms with van der Waals surface area (Å²) in [7, 11) is 0. The van der Waals surface area contributed by atoms with Crippen LogP contribution < -0.4 is 41.8 Å². The minimum Gasteiger partial charge on any atom is -0.507 e. The molecule has 3 aromatic rings. The first-order valence-electron chi connectivity index (χ1n) is 24.1. The van der Waals surface area contributed by atoms with Gasteiger partial charge in [0.05, 0.1) is 41.9 Å². The first kappa shape index (κ1) is 45.5. The van der Waals surface area contributed by atoms with Crippen molar-refractivity contribution in [1.82, 2.24) is 30.8 Å². The van der Waals surface area contributed by atoms with Crippen LogP contribution in [0.1, 0.15) is 71.2 Å². The van der Waals surface area contributed by atoms with Gasteiger partial charge in [-0.3, -0.25) is 39.1 Å². The van der Waals surface area contributed by atoms with Crippen molar-refractivity contribution in [3.63, 3.8) is 0 Å². The molecule has 0 radical (unpaired) electrons. The molecule has 7 heterocycles. The number of phenols is 1. The van der Waals surface area contributed by atoms with E-state index >= 15 is 0 Å². The zero-order chi connectivity index (χ0) is 47.8. The summed E-state index contributed by atoms with van der Waals surface area (Å²) in [5.41, 5.74) is 16.5. The van der Waals surface area contributed by atoms with E-state index in [9.17, 15) is 33.9 Å². The molecule has 0 aliphatic carbocycles. The van der Waals surface area contributed by atoms with Crippen LogP contribution >= 0.6 is 0 Å². The quantitative estimate of drug-likeness (QED) is 0.0776. The molecule has 10 rings (SSSR count). The molecule has 4 fully saturated rings. The minimum absolute atomic E-state index is 0.0313. The van der Waals surface area contributed by atoms with Crippen LogP contribution in [0.4, 0.5) is 11.4 Å². The highest BCUT2D eigenvalue weighted by atomic mass is 16.5. The number of carbonyl (C=O) groups is 6. The number of piperazine rings is 1. The number of anilines is 2. The van der Waals surface area contributed by atoms with Crippen molar-refractivity contribution in [3.05, 3.63) is 101 Å². The Morgan fingerprint density at radius 3 is 2.39 bits per heavy atom. The van der Waals surface area contributed by atoms with Gasteiger partial charge in [-0.2, -0.15) is 4.58 Å². The highest BCUT2D eigenvalue weighted by molar-refractivity contribution is 6.23. The summed E-state index contributed by atoms with van der Waals surface area (Å²) in [5.74, 6) is -0.828. The van der Waals surface area contributed by atoms with Gasteiger partial charge in [0.1, 0.15) is 24.1 Å². The number of nitrogens with zero attached hydrogens (tertiary/aromatic N) is 6. The SMILES string of the molecule is NC1=C(N2CC3CCC(C2)N3c2cccc(OCCN3CC=[N+](C(=O)CCNC(=O)C4CCN(c5ccc6c(c5)C(=O)N(C5CCC(=O)NC5=O)C6=O)CC4)CC3)c2)C=C(c2ccccc2O)[NH2+]N1. The number of ether oxygens (including phenoxy) is 1. The summed E-state index contributed by atoms with van der Waals surface area (Å²) in [6, 6.07) is 20.3. The van der Waals surface area contributed by atoms with Crippen molar-refractivity contribution in [2.45, 2.75) is 63.1 Å². The van der Waals surface area contributed by atoms with Gasteiger partial charge in [0.15, 0.2) is 24.3 Å². The topological polar surface area (TPSA) is 230 Å². The summed E-state index contributed by atoms with van der Waals surface area (Å²) in [4.78, 5) is 86.9. The Labute approximate surface area is 399 Å². The van der Waals surface area contributed by atoms with Crippen LogP contribution in [0.3, 0.4) is 0 Å². The average Bonchev–Trinajstić information content (AvgIpc) is 3.77. The summed E-state index contributed by atoms with van der Waals surface area (Å²) in [5, 5.41) is 15.7. The second kappa shape index (κ2) is 19.4. The van der Waals surface area contributed by atoms with Gasteiger partial charge in [0.25, 0.3) is 11.8 Å². The van der Waals surface area contributed by atoms with Crippen LogP contribution in [0.2, 0.25) is 0 Å². The number of amides is 6. The lowest BCUT2D eigenvalue weighted by Crippen LogP contribution is -2.91. The van der Waals surface area contributed by atoms with Gasteiger partial charge in [-0.1, -0.05) is 18.2 Å². The summed E-state index contributed by atoms with van der Waals surface area (Å²) < 4.78 is 8.03. The van der Waals surface area contributed by atoms with E-state index in [1.54, 1.807) is 28.8 Å². The molecule has 6 amide bonds. The Morgan fingerprint density at radius 2 is 1.64 bits per heavy atom. The molecule has 7 aliphatic rings. The molecular weight excluding hydrogens is 883 g/mol. The first-order valence-corrected chi connectivity index (χ1v) is 24.1. The maximum absolute atomic E-state index is 13.3. The summed E-state index contributed by atoms with van der Waals surface area (Å²) in [6.45, 7) is 6.19. The molecule has 19 heteroatoms. The molecule has 69 heavy (non-hydrogen) atoms. The fourth-order valence-electron chi connectivity index (χ4n) is 10.9. The molecule has 2 bridgehead atoms. The molecule has 4 saturated heterocycles. The monoisotopic (exact) mass is 941 g/mol. The van der Waals surface area contributed by atoms with Crippen LogP contribution in [-0.4, -0.2) is 150 Å². The van der Waals surface area contributed by atoms with E-state index < -0.39 is 29.7 Å². The second-order valence-electron chi connectivity index (χ2n) is 18.8. The van der Waals surface area contributed by atoms with Gasteiger partial charge in [0.2, 0.25) is 17.7 Å². The Hall–Kier alpha value is -7.25. The number of carbonyl (C=O) groups excluding carboxylic acids is 6. The average molecular weight is 942 g/mol. The van der Waals surface area contributed by atoms with E-state index in [2.05, 4.69) is 59.9 Å². The zero-order valence-electron chi connectivity index (χ0n) is 38.5. The molecule has 360 valence electrons. The highest BCUT2D eigenvalue weighted by Gasteiger charge is 2.45. The fourth-order valence-corrected chi connectivity index (χ4v) is 10.9. The standard InChI is InChI=1S/C50H57N11O8/c51-46-42(28-40(54-55-46)38-6-1-2-7-43(38)62)59-29-34-8-9-35(30-59)60(34)33-4-3-5-36(26-33)69-25-24-56-20-22-58(23-21-56)45(64)14-17-52-47(65)31-15-18-57(19-16-31)32-10-11-37-39(27-32)50(68)61(49(37)67)41-12-13-44(63)53-48(41)66/h1-7,10-11,22,26-28,31,34-35,41H,8-9,12-21,23-25,29-30H2,(H6-,51,52,53,54,55,62,63,65,66,67,68)/p+2. The fraction of sp³-hybridized carbons (Fsp3) is 0.420. The number of para-hydroxylation sites is 1. The molecule has 19 nitrogen and oxygen atoms in total. The van der Waals surface area contributed by atoms with Crippen molar-refractivity contribution in [1.29, 1.82) is 0 Å². The van der Waals surface area contributed by atoms with E-state index in [1.165, 1.54) is 0 Å². The molecule has 0 saturated carbocycles. The molecular formula is C50H59N11O8+2. The van der Waals surface area contributed by atoms with Gasteiger partial charge >= 0.3 is 5.91 Å². The van der Waals surface area contributed by atoms with E-state index in [0.29, 0.717) is 76.6 Å². The predicted molar refractivity (Wildman–Crippen MR) is 253 cm³/mol. The number of quaternary nitrogens is 1. The number of fused-ring (bicyclic) bond motifs is 3. The first-order chi connectivity index (χ1) is 33.5. The van der Waals surface area contributed by atoms with Crippen molar-refractivity contribution in [2.75, 3.05) is 75.3 Å². The largest absolute Gasteiger partial charge is 0.507 e. The number of hydrogen-bond donors (Lipinski definition) is 6. The third kappa shape index (κ3) is 9.35. The zero-order valence-corrected chi connectivity index (χ0v) is 38.5. The van der Waals surface area contributed by atoms with E-state index in [-0.39, 0.29) is 60.4 Å². The van der Waals surface area contributed by atoms with Gasteiger partial charge in [0, 0.05) is 87.2 Å². The maximum Gasteiger partial charge on any atom is 0.388 e. The summed E-state index contributed by atoms with van der Waals surface area (Å²) >= 11 is 0. The molecule has 0 spiro atoms. The van der Waals surface area contributed by atoms with Crippen molar-refractivity contribution >= 4 is 58.7 Å². The number of nitrogens with two attached hydrogens (primary N) is 2. The molecule has 3 aromatic carbocycles. The smallest absolute Gasteiger partial charge is 0.388 e. The van der Waals surface area contributed by atoms with Gasteiger partial charge < -0.3 is 35.6 Å². The lowest BCUT2D eigenvalue weighted by Gasteiger charge is -2.44. The Morgan fingerprint density at radius 1 is 0.855 bits per heavy atom. The minimum atomic E-state index is -1.02. The third-order valence-electron chi connectivity index (χ3n) is 14.6. The Bertz CT molecular complexity index is 2660. The van der Waals surface area contributed by atoms with E-state index in [4.69, 9.17) is 10.5 Å². The highest BCUT2D eigenvalue weighted by Crippen LogP contribution is 2.38. The number of aromatic hydroxyl groups is 1. The predicted octanol–water partition coefficient (Wildman–Crippen LogP) is 0.424. The maximum atomic E-state index is 13.3. The molecule has 0 aromatic heterocycles. The van der Waals surface area contributed by atoms with Crippen molar-refractivity contribution < 1.29 is 48.6 Å². The lowest BCUT2D eigenvalue weighted by atomic mass is 9.95. The van der Waals surface area contributed by atoms with Gasteiger partial charge in [-0.25, -0.2) is 15.6 Å². The Kier molecular flexibility index (Phi) is 12.8. The number of phenolic OH excluding ortho intramolecular Hbond substituents is 1. The third-order valence-corrected chi connectivity index (χ3v) is 14.6. The molecule has 3 atom stereocenters. The van der Waals surface area contributed by atoms with E-state index in [1.807, 2.05) is 35.9 Å². The summed E-state index contributed by atoms with van der Waals surface area (Å²) in [6.07, 6.45) is 7.69. The Balaban J connectivity index is 0.637.